The van der Waals surface area contributed by atoms with Crippen molar-refractivity contribution >= 4 is 16.9 Å². The number of nitrogens with zero attached hydrogens (tertiary/aromatic N) is 3. The molecule has 0 atom stereocenters. The number of benzene rings is 1. The Kier molecular flexibility index (Phi) is 3.52. The Morgan fingerprint density at radius 2 is 1.96 bits per heavy atom. The predicted molar refractivity (Wildman–Crippen MR) is 91.2 cm³/mol. The number of rotatable bonds is 5. The van der Waals surface area contributed by atoms with Crippen molar-refractivity contribution in [1.82, 2.24) is 19.5 Å². The molecule has 0 bridgehead atoms. The molecule has 3 aromatic heterocycles. The lowest BCUT2D eigenvalue weighted by Gasteiger charge is -2.09. The molecule has 5 nitrogen and oxygen atoms in total. The molecule has 0 saturated carbocycles. The molecule has 0 radical (unpaired) electrons. The molecular formula is C18H17N5. The lowest BCUT2D eigenvalue weighted by molar-refractivity contribution is 0.734. The van der Waals surface area contributed by atoms with E-state index in [1.807, 2.05) is 36.8 Å². The third-order valence-corrected chi connectivity index (χ3v) is 3.83. The highest BCUT2D eigenvalue weighted by atomic mass is 15.1. The largest absolute Gasteiger partial charge is 0.363 e. The fourth-order valence-electron chi connectivity index (χ4n) is 2.63. The second-order valence-corrected chi connectivity index (χ2v) is 5.42. The van der Waals surface area contributed by atoms with Gasteiger partial charge in [-0.05, 0) is 23.8 Å². The van der Waals surface area contributed by atoms with E-state index in [-0.39, 0.29) is 0 Å². The first-order valence-electron chi connectivity index (χ1n) is 7.60. The molecule has 3 heterocycles. The summed E-state index contributed by atoms with van der Waals surface area (Å²) in [7, 11) is 0. The van der Waals surface area contributed by atoms with Crippen LogP contribution in [0.15, 0.2) is 67.1 Å². The van der Waals surface area contributed by atoms with Gasteiger partial charge in [0.2, 0.25) is 0 Å². The number of fused-ring (bicyclic) bond motifs is 1. The molecule has 114 valence electrons. The van der Waals surface area contributed by atoms with Crippen LogP contribution in [0.3, 0.4) is 0 Å². The number of hydrogen-bond acceptors (Lipinski definition) is 3. The van der Waals surface area contributed by atoms with Crippen molar-refractivity contribution in [2.24, 2.45) is 0 Å². The Labute approximate surface area is 134 Å². The lowest BCUT2D eigenvalue weighted by atomic mass is 10.2. The summed E-state index contributed by atoms with van der Waals surface area (Å²) in [6, 6.07) is 16.4. The topological polar surface area (TPSA) is 58.5 Å². The number of hydrogen-bond donors (Lipinski definition) is 2. The molecule has 5 heteroatoms. The van der Waals surface area contributed by atoms with Crippen LogP contribution in [-0.4, -0.2) is 19.5 Å². The normalized spacial score (nSPS) is 11.0. The highest BCUT2D eigenvalue weighted by molar-refractivity contribution is 5.77. The molecule has 0 fully saturated rings. The number of H-pyrrole nitrogens is 1. The first-order chi connectivity index (χ1) is 11.4. The third kappa shape index (κ3) is 2.94. The third-order valence-electron chi connectivity index (χ3n) is 3.83. The molecule has 0 aliphatic heterocycles. The molecule has 2 N–H and O–H groups in total. The van der Waals surface area contributed by atoms with Gasteiger partial charge in [-0.3, -0.25) is 0 Å². The van der Waals surface area contributed by atoms with E-state index in [0.29, 0.717) is 6.54 Å². The van der Waals surface area contributed by atoms with Crippen molar-refractivity contribution in [2.45, 2.75) is 13.1 Å². The van der Waals surface area contributed by atoms with E-state index in [0.717, 1.165) is 29.2 Å². The van der Waals surface area contributed by atoms with Crippen LogP contribution in [-0.2, 0) is 13.1 Å². The van der Waals surface area contributed by atoms with Gasteiger partial charge in [-0.15, -0.1) is 0 Å². The van der Waals surface area contributed by atoms with Gasteiger partial charge in [0.1, 0.15) is 17.3 Å². The second kappa shape index (κ2) is 5.96. The zero-order valence-corrected chi connectivity index (χ0v) is 12.6. The van der Waals surface area contributed by atoms with Crippen LogP contribution < -0.4 is 5.32 Å². The summed E-state index contributed by atoms with van der Waals surface area (Å²) in [5.74, 6) is 1.83. The van der Waals surface area contributed by atoms with Crippen molar-refractivity contribution < 1.29 is 0 Å². The lowest BCUT2D eigenvalue weighted by Crippen LogP contribution is -2.10. The summed E-state index contributed by atoms with van der Waals surface area (Å²) in [5, 5.41) is 4.45. The molecule has 4 aromatic rings. The maximum absolute atomic E-state index is 4.54. The van der Waals surface area contributed by atoms with E-state index in [1.165, 1.54) is 5.56 Å². The summed E-state index contributed by atoms with van der Waals surface area (Å²) in [6.07, 6.45) is 5.74. The van der Waals surface area contributed by atoms with Crippen LogP contribution in [0.25, 0.3) is 11.0 Å². The molecular weight excluding hydrogens is 286 g/mol. The van der Waals surface area contributed by atoms with Crippen LogP contribution in [0.2, 0.25) is 0 Å². The minimum Gasteiger partial charge on any atom is -0.363 e. The molecule has 0 aliphatic carbocycles. The minimum absolute atomic E-state index is 0.638. The molecule has 4 rings (SSSR count). The van der Waals surface area contributed by atoms with E-state index in [1.54, 1.807) is 0 Å². The van der Waals surface area contributed by atoms with E-state index in [2.05, 4.69) is 55.2 Å². The van der Waals surface area contributed by atoms with Crippen LogP contribution in [0.5, 0.6) is 0 Å². The van der Waals surface area contributed by atoms with E-state index < -0.39 is 0 Å². The van der Waals surface area contributed by atoms with Crippen LogP contribution in [0, 0.1) is 0 Å². The summed E-state index contributed by atoms with van der Waals surface area (Å²) in [6.45, 7) is 1.46. The monoisotopic (exact) mass is 303 g/mol. The number of aromatic amines is 1. The van der Waals surface area contributed by atoms with Gasteiger partial charge in [-0.1, -0.05) is 30.3 Å². The maximum atomic E-state index is 4.54. The number of imidazole rings is 1. The van der Waals surface area contributed by atoms with Crippen molar-refractivity contribution in [2.75, 3.05) is 5.32 Å². The Morgan fingerprint density at radius 3 is 2.87 bits per heavy atom. The summed E-state index contributed by atoms with van der Waals surface area (Å²) >= 11 is 0. The minimum atomic E-state index is 0.638. The van der Waals surface area contributed by atoms with E-state index >= 15 is 0 Å². The Bertz CT molecular complexity index is 907. The molecule has 0 aliphatic rings. The van der Waals surface area contributed by atoms with Gasteiger partial charge in [0.05, 0.1) is 6.54 Å². The summed E-state index contributed by atoms with van der Waals surface area (Å²) in [5.41, 5.74) is 2.15. The van der Waals surface area contributed by atoms with Gasteiger partial charge in [0, 0.05) is 30.5 Å². The van der Waals surface area contributed by atoms with Gasteiger partial charge in [-0.25, -0.2) is 9.97 Å². The van der Waals surface area contributed by atoms with Gasteiger partial charge in [0.15, 0.2) is 0 Å². The quantitative estimate of drug-likeness (QED) is 0.594. The van der Waals surface area contributed by atoms with Gasteiger partial charge < -0.3 is 14.9 Å². The van der Waals surface area contributed by atoms with Crippen molar-refractivity contribution in [3.63, 3.8) is 0 Å². The highest BCUT2D eigenvalue weighted by Gasteiger charge is 2.05. The highest BCUT2D eigenvalue weighted by Crippen LogP contribution is 2.14. The first-order valence-corrected chi connectivity index (χ1v) is 7.60. The molecule has 0 amide bonds. The summed E-state index contributed by atoms with van der Waals surface area (Å²) < 4.78 is 2.15. The maximum Gasteiger partial charge on any atom is 0.139 e. The molecule has 23 heavy (non-hydrogen) atoms. The SMILES string of the molecule is c1ccc(Cn2ccnc2CNc2ccc3cc[nH]c3n2)cc1. The van der Waals surface area contributed by atoms with Crippen LogP contribution in [0.1, 0.15) is 11.4 Å². The number of anilines is 1. The van der Waals surface area contributed by atoms with E-state index in [9.17, 15) is 0 Å². The molecule has 1 aromatic carbocycles. The van der Waals surface area contributed by atoms with Gasteiger partial charge in [0.25, 0.3) is 0 Å². The summed E-state index contributed by atoms with van der Waals surface area (Å²) in [4.78, 5) is 12.1. The second-order valence-electron chi connectivity index (χ2n) is 5.42. The van der Waals surface area contributed by atoms with Gasteiger partial charge in [-0.2, -0.15) is 0 Å². The smallest absolute Gasteiger partial charge is 0.139 e. The van der Waals surface area contributed by atoms with Crippen molar-refractivity contribution in [1.29, 1.82) is 0 Å². The first kappa shape index (κ1) is 13.6. The van der Waals surface area contributed by atoms with Crippen molar-refractivity contribution in [3.05, 3.63) is 78.5 Å². The van der Waals surface area contributed by atoms with Crippen molar-refractivity contribution in [3.8, 4) is 0 Å². The standard InChI is InChI=1S/C18H17N5/c1-2-4-14(5-3-1)13-23-11-10-19-17(23)12-21-16-7-6-15-8-9-20-18(15)22-16/h1-11H,12-13H2,(H2,20,21,22). The van der Waals surface area contributed by atoms with E-state index in [4.69, 9.17) is 0 Å². The van der Waals surface area contributed by atoms with Crippen LogP contribution >= 0.6 is 0 Å². The number of aromatic nitrogens is 4. The fraction of sp³-hybridized carbons (Fsp3) is 0.111. The molecule has 0 saturated heterocycles. The predicted octanol–water partition coefficient (Wildman–Crippen LogP) is 3.42. The fourth-order valence-corrected chi connectivity index (χ4v) is 2.63. The average Bonchev–Trinajstić information content (AvgIpc) is 3.22. The zero-order valence-electron chi connectivity index (χ0n) is 12.6. The van der Waals surface area contributed by atoms with Crippen LogP contribution in [0.4, 0.5) is 5.82 Å². The number of pyridine rings is 1. The molecule has 0 unspecified atom stereocenters. The number of nitrogens with one attached hydrogen (secondary N) is 2. The Hall–Kier alpha value is -3.08. The zero-order chi connectivity index (χ0) is 15.5. The Balaban J connectivity index is 1.48. The average molecular weight is 303 g/mol. The molecule has 0 spiro atoms. The van der Waals surface area contributed by atoms with Gasteiger partial charge >= 0.3 is 0 Å². The Morgan fingerprint density at radius 1 is 1.04 bits per heavy atom.